The van der Waals surface area contributed by atoms with Crippen LogP contribution in [0.4, 0.5) is 0 Å². The zero-order valence-electron chi connectivity index (χ0n) is 11.4. The van der Waals surface area contributed by atoms with Gasteiger partial charge in [0.15, 0.2) is 0 Å². The Kier molecular flexibility index (Phi) is 17.6. The van der Waals surface area contributed by atoms with E-state index in [1.54, 1.807) is 0 Å². The maximum atomic E-state index is 10.5. The average Bonchev–Trinajstić information content (AvgIpc) is 2.19. The zero-order chi connectivity index (χ0) is 14.4. The first-order chi connectivity index (χ1) is 8.03. The smallest absolute Gasteiger partial charge is 0.748 e. The quantitative estimate of drug-likeness (QED) is 0.231. The topological polar surface area (TPSA) is 118 Å². The molecule has 0 N–H and O–H groups in total. The number of hydrogen-bond acceptors (Lipinski definition) is 9. The molecule has 20 heavy (non-hydrogen) atoms. The van der Waals surface area contributed by atoms with Crippen LogP contribution in [0.15, 0.2) is 0 Å². The Morgan fingerprint density at radius 1 is 0.950 bits per heavy atom. The fourth-order valence-corrected chi connectivity index (χ4v) is 2.44. The van der Waals surface area contributed by atoms with E-state index in [1.165, 1.54) is 4.90 Å². The maximum absolute atomic E-state index is 10.5. The van der Waals surface area contributed by atoms with Crippen LogP contribution in [-0.2, 0) is 20.2 Å². The third-order valence-corrected chi connectivity index (χ3v) is 4.43. The molecule has 0 heterocycles. The molecule has 0 aromatic rings. The number of nitrogens with zero attached hydrogens (tertiary/aromatic N) is 1. The van der Waals surface area contributed by atoms with Crippen molar-refractivity contribution in [3.8, 4) is 0 Å². The molecule has 13 heteroatoms. The standard InChI is InChI=1S/C7H17NO6S4.2Na/c9-17(10,11)3-1-8(5-7(16)6-15)2-4-18(12,13)14;;/h7,15-16H,1-6H2,(H,9,10,11)(H,12,13,14);;/q;2*+1/p-2. The second-order valence-electron chi connectivity index (χ2n) is 3.66. The molecule has 0 aromatic heterocycles. The Balaban J connectivity index is -0.00000144. The first-order valence-electron chi connectivity index (χ1n) is 4.92. The van der Waals surface area contributed by atoms with Gasteiger partial charge >= 0.3 is 59.1 Å². The Morgan fingerprint density at radius 2 is 1.30 bits per heavy atom. The summed E-state index contributed by atoms with van der Waals surface area (Å²) in [5.74, 6) is -0.883. The van der Waals surface area contributed by atoms with Gasteiger partial charge in [-0.3, -0.25) is 0 Å². The molecule has 1 unspecified atom stereocenters. The molecule has 0 aromatic carbocycles. The number of hydrogen-bond donors (Lipinski definition) is 2. The van der Waals surface area contributed by atoms with Gasteiger partial charge in [0.1, 0.15) is 0 Å². The molecule has 0 fully saturated rings. The third-order valence-electron chi connectivity index (χ3n) is 1.99. The summed E-state index contributed by atoms with van der Waals surface area (Å²) in [7, 11) is -8.76. The van der Waals surface area contributed by atoms with Gasteiger partial charge in [0, 0.05) is 30.6 Å². The van der Waals surface area contributed by atoms with Gasteiger partial charge in [-0.1, -0.05) is 0 Å². The van der Waals surface area contributed by atoms with Crippen LogP contribution in [0.5, 0.6) is 0 Å². The summed E-state index contributed by atoms with van der Waals surface area (Å²) in [6.07, 6.45) is 0. The molecule has 0 aliphatic carbocycles. The fraction of sp³-hybridized carbons (Fsp3) is 1.00. The Labute approximate surface area is 175 Å². The Hall–Kier alpha value is 2.48. The van der Waals surface area contributed by atoms with Gasteiger partial charge in [-0.2, -0.15) is 25.3 Å². The van der Waals surface area contributed by atoms with Gasteiger partial charge in [-0.15, -0.1) is 0 Å². The van der Waals surface area contributed by atoms with Gasteiger partial charge in [-0.25, -0.2) is 16.8 Å². The molecule has 0 saturated heterocycles. The summed E-state index contributed by atoms with van der Waals surface area (Å²) in [4.78, 5) is 1.40. The van der Waals surface area contributed by atoms with Gasteiger partial charge in [0.25, 0.3) is 0 Å². The van der Waals surface area contributed by atoms with Crippen LogP contribution in [0, 0.1) is 0 Å². The molecule has 0 spiro atoms. The van der Waals surface area contributed by atoms with E-state index in [0.717, 1.165) is 0 Å². The summed E-state index contributed by atoms with van der Waals surface area (Å²) >= 11 is 8.10. The second-order valence-corrected chi connectivity index (χ2v) is 7.80. The summed E-state index contributed by atoms with van der Waals surface area (Å²) in [6, 6.07) is 0. The van der Waals surface area contributed by atoms with Crippen LogP contribution in [0.25, 0.3) is 0 Å². The van der Waals surface area contributed by atoms with Crippen molar-refractivity contribution in [3.05, 3.63) is 0 Å². The number of rotatable bonds is 9. The van der Waals surface area contributed by atoms with Crippen molar-refractivity contribution in [2.45, 2.75) is 5.25 Å². The van der Waals surface area contributed by atoms with Crippen LogP contribution in [0.1, 0.15) is 0 Å². The predicted molar refractivity (Wildman–Crippen MR) is 72.2 cm³/mol. The molecular formula is C7H15NNa2O6S4. The summed E-state index contributed by atoms with van der Waals surface area (Å²) in [5, 5.41) is -0.211. The predicted octanol–water partition coefficient (Wildman–Crippen LogP) is -7.38. The second kappa shape index (κ2) is 12.8. The first-order valence-corrected chi connectivity index (χ1v) is 9.22. The third kappa shape index (κ3) is 18.5. The normalized spacial score (nSPS) is 13.4. The zero-order valence-corrected chi connectivity index (χ0v) is 18.8. The van der Waals surface area contributed by atoms with E-state index in [-0.39, 0.29) is 84.0 Å². The Morgan fingerprint density at radius 3 is 1.55 bits per heavy atom. The minimum absolute atomic E-state index is 0. The molecule has 0 rings (SSSR count). The van der Waals surface area contributed by atoms with Crippen molar-refractivity contribution < 1.29 is 85.1 Å². The van der Waals surface area contributed by atoms with Crippen molar-refractivity contribution in [1.29, 1.82) is 0 Å². The number of thiol groups is 2. The summed E-state index contributed by atoms with van der Waals surface area (Å²) in [6.45, 7) is -0.0178. The summed E-state index contributed by atoms with van der Waals surface area (Å²) in [5.41, 5.74) is 0. The van der Waals surface area contributed by atoms with E-state index >= 15 is 0 Å². The largest absolute Gasteiger partial charge is 1.00 e. The van der Waals surface area contributed by atoms with Gasteiger partial charge in [0.2, 0.25) is 0 Å². The first kappa shape index (κ1) is 27.3. The van der Waals surface area contributed by atoms with E-state index in [4.69, 9.17) is 0 Å². The van der Waals surface area contributed by atoms with E-state index in [1.807, 2.05) is 0 Å². The van der Waals surface area contributed by atoms with Crippen molar-refractivity contribution in [3.63, 3.8) is 0 Å². The monoisotopic (exact) mass is 383 g/mol. The molecule has 7 nitrogen and oxygen atoms in total. The molecular weight excluding hydrogens is 368 g/mol. The maximum Gasteiger partial charge on any atom is 1.00 e. The SMILES string of the molecule is O=S(=O)([O-])CCN(CCS(=O)(=O)[O-])CC(S)CS.[Na+].[Na+]. The molecule has 0 amide bonds. The van der Waals surface area contributed by atoms with E-state index in [0.29, 0.717) is 5.75 Å². The molecule has 0 saturated carbocycles. The van der Waals surface area contributed by atoms with Crippen LogP contribution in [-0.4, -0.2) is 73.0 Å². The minimum Gasteiger partial charge on any atom is -0.748 e. The van der Waals surface area contributed by atoms with E-state index in [9.17, 15) is 25.9 Å². The van der Waals surface area contributed by atoms with Crippen LogP contribution < -0.4 is 59.1 Å². The molecule has 110 valence electrons. The van der Waals surface area contributed by atoms with Crippen molar-refractivity contribution in [2.24, 2.45) is 0 Å². The van der Waals surface area contributed by atoms with Crippen LogP contribution in [0.2, 0.25) is 0 Å². The molecule has 0 aliphatic rings. The molecule has 0 radical (unpaired) electrons. The molecule has 0 aliphatic heterocycles. The molecule has 0 bridgehead atoms. The van der Waals surface area contributed by atoms with Crippen molar-refractivity contribution in [2.75, 3.05) is 36.9 Å². The van der Waals surface area contributed by atoms with Gasteiger partial charge in [-0.05, 0) is 0 Å². The van der Waals surface area contributed by atoms with Crippen LogP contribution >= 0.6 is 25.3 Å². The van der Waals surface area contributed by atoms with Crippen LogP contribution in [0.3, 0.4) is 0 Å². The van der Waals surface area contributed by atoms with Gasteiger partial charge in [0.05, 0.1) is 31.7 Å². The van der Waals surface area contributed by atoms with E-state index in [2.05, 4.69) is 25.3 Å². The summed E-state index contributed by atoms with van der Waals surface area (Å²) < 4.78 is 63.0. The van der Waals surface area contributed by atoms with Crippen molar-refractivity contribution >= 4 is 45.5 Å². The van der Waals surface area contributed by atoms with Gasteiger partial charge < -0.3 is 14.0 Å². The Bertz CT molecular complexity index is 406. The van der Waals surface area contributed by atoms with E-state index < -0.39 is 31.7 Å². The molecule has 1 atom stereocenters. The minimum atomic E-state index is -4.38. The fourth-order valence-electron chi connectivity index (χ4n) is 1.13. The van der Waals surface area contributed by atoms with Crippen molar-refractivity contribution in [1.82, 2.24) is 4.90 Å². The average molecular weight is 383 g/mol.